The molecular weight excluding hydrogens is 190 g/mol. The number of hydrogen-bond acceptors (Lipinski definition) is 5. The van der Waals surface area contributed by atoms with Gasteiger partial charge in [-0.05, 0) is 14.1 Å². The van der Waals surface area contributed by atoms with Crippen LogP contribution in [0.4, 0.5) is 0 Å². The molecule has 5 nitrogen and oxygen atoms in total. The number of rotatable bonds is 11. The molecule has 0 rings (SSSR count). The number of nitrogens with two attached hydrogens (primary N) is 1. The number of hydrogen-bond donors (Lipinski definition) is 4. The van der Waals surface area contributed by atoms with Crippen molar-refractivity contribution in [1.82, 2.24) is 20.9 Å². The molecule has 0 heterocycles. The molecule has 5 N–H and O–H groups in total. The molecule has 0 saturated carbocycles. The highest BCUT2D eigenvalue weighted by Gasteiger charge is 2.02. The standard InChI is InChI=1S/C10H27N5/c1-12-5-8-15(9-6-13-2)10-7-14-4-3-11/h12-14H,3-11H2,1-2H3. The van der Waals surface area contributed by atoms with Crippen LogP contribution in [0.5, 0.6) is 0 Å². The number of nitrogens with one attached hydrogen (secondary N) is 3. The van der Waals surface area contributed by atoms with E-state index in [9.17, 15) is 0 Å². The van der Waals surface area contributed by atoms with E-state index in [4.69, 9.17) is 5.73 Å². The molecule has 0 aliphatic carbocycles. The highest BCUT2D eigenvalue weighted by Crippen LogP contribution is 1.84. The zero-order valence-corrected chi connectivity index (χ0v) is 10.2. The number of nitrogens with zero attached hydrogens (tertiary/aromatic N) is 1. The summed E-state index contributed by atoms with van der Waals surface area (Å²) in [5.41, 5.74) is 5.41. The SMILES string of the molecule is CNCCN(CCNC)CCNCCN. The fourth-order valence-electron chi connectivity index (χ4n) is 1.34. The summed E-state index contributed by atoms with van der Waals surface area (Å²) < 4.78 is 0. The van der Waals surface area contributed by atoms with Crippen LogP contribution in [0.1, 0.15) is 0 Å². The Hall–Kier alpha value is -0.200. The Labute approximate surface area is 93.8 Å². The summed E-state index contributed by atoms with van der Waals surface area (Å²) in [6.07, 6.45) is 0. The van der Waals surface area contributed by atoms with E-state index in [1.165, 1.54) is 0 Å². The lowest BCUT2D eigenvalue weighted by Gasteiger charge is -2.22. The zero-order valence-electron chi connectivity index (χ0n) is 10.2. The fourth-order valence-corrected chi connectivity index (χ4v) is 1.34. The van der Waals surface area contributed by atoms with Gasteiger partial charge < -0.3 is 21.7 Å². The molecule has 0 amide bonds. The van der Waals surface area contributed by atoms with Crippen LogP contribution in [0.3, 0.4) is 0 Å². The quantitative estimate of drug-likeness (QED) is 0.310. The van der Waals surface area contributed by atoms with Gasteiger partial charge in [-0.15, -0.1) is 0 Å². The minimum Gasteiger partial charge on any atom is -0.329 e. The lowest BCUT2D eigenvalue weighted by molar-refractivity contribution is 0.277. The van der Waals surface area contributed by atoms with E-state index in [0.29, 0.717) is 6.54 Å². The summed E-state index contributed by atoms with van der Waals surface area (Å²) in [4.78, 5) is 2.44. The molecular formula is C10H27N5. The normalized spacial score (nSPS) is 11.2. The molecule has 0 radical (unpaired) electrons. The maximum absolute atomic E-state index is 5.41. The van der Waals surface area contributed by atoms with Crippen molar-refractivity contribution >= 4 is 0 Å². The average molecular weight is 217 g/mol. The van der Waals surface area contributed by atoms with E-state index in [-0.39, 0.29) is 0 Å². The van der Waals surface area contributed by atoms with Gasteiger partial charge in [-0.2, -0.15) is 0 Å². The monoisotopic (exact) mass is 217 g/mol. The van der Waals surface area contributed by atoms with Crippen LogP contribution in [0.25, 0.3) is 0 Å². The van der Waals surface area contributed by atoms with Crippen LogP contribution >= 0.6 is 0 Å². The molecule has 0 atom stereocenters. The molecule has 5 heteroatoms. The van der Waals surface area contributed by atoms with Gasteiger partial charge in [0.25, 0.3) is 0 Å². The Morgan fingerprint density at radius 3 is 1.87 bits per heavy atom. The van der Waals surface area contributed by atoms with Gasteiger partial charge in [0.15, 0.2) is 0 Å². The Morgan fingerprint density at radius 1 is 0.867 bits per heavy atom. The third-order valence-corrected chi connectivity index (χ3v) is 2.28. The molecule has 0 unspecified atom stereocenters. The fraction of sp³-hybridized carbons (Fsp3) is 1.00. The Bertz CT molecular complexity index is 112. The molecule has 0 aromatic carbocycles. The van der Waals surface area contributed by atoms with Crippen molar-refractivity contribution in [3.05, 3.63) is 0 Å². The first-order valence-corrected chi connectivity index (χ1v) is 5.77. The van der Waals surface area contributed by atoms with Crippen LogP contribution in [-0.4, -0.2) is 71.4 Å². The van der Waals surface area contributed by atoms with E-state index in [1.54, 1.807) is 0 Å². The van der Waals surface area contributed by atoms with Gasteiger partial charge in [0.2, 0.25) is 0 Å². The van der Waals surface area contributed by atoms with Gasteiger partial charge >= 0.3 is 0 Å². The summed E-state index contributed by atoms with van der Waals surface area (Å²) in [5, 5.41) is 9.66. The first-order valence-electron chi connectivity index (χ1n) is 5.77. The lowest BCUT2D eigenvalue weighted by atomic mass is 10.4. The van der Waals surface area contributed by atoms with Gasteiger partial charge in [-0.3, -0.25) is 4.90 Å². The lowest BCUT2D eigenvalue weighted by Crippen LogP contribution is -2.40. The van der Waals surface area contributed by atoms with Crippen molar-refractivity contribution in [3.63, 3.8) is 0 Å². The summed E-state index contributed by atoms with van der Waals surface area (Å²) in [6, 6.07) is 0. The van der Waals surface area contributed by atoms with Crippen molar-refractivity contribution in [1.29, 1.82) is 0 Å². The molecule has 92 valence electrons. The van der Waals surface area contributed by atoms with E-state index in [1.807, 2.05) is 14.1 Å². The second-order valence-electron chi connectivity index (χ2n) is 3.59. The van der Waals surface area contributed by atoms with Crippen molar-refractivity contribution in [3.8, 4) is 0 Å². The molecule has 0 aliphatic rings. The molecule has 0 aliphatic heterocycles. The van der Waals surface area contributed by atoms with Crippen molar-refractivity contribution in [2.45, 2.75) is 0 Å². The summed E-state index contributed by atoms with van der Waals surface area (Å²) in [7, 11) is 3.98. The van der Waals surface area contributed by atoms with E-state index >= 15 is 0 Å². The molecule has 0 bridgehead atoms. The average Bonchev–Trinajstić information content (AvgIpc) is 2.27. The smallest absolute Gasteiger partial charge is 0.0108 e. The topological polar surface area (TPSA) is 65.3 Å². The predicted octanol–water partition coefficient (Wildman–Crippen LogP) is -1.72. The van der Waals surface area contributed by atoms with Gasteiger partial charge in [-0.1, -0.05) is 0 Å². The van der Waals surface area contributed by atoms with Crippen LogP contribution < -0.4 is 21.7 Å². The van der Waals surface area contributed by atoms with Crippen LogP contribution in [0.2, 0.25) is 0 Å². The summed E-state index contributed by atoms with van der Waals surface area (Å²) in [5.74, 6) is 0. The van der Waals surface area contributed by atoms with Gasteiger partial charge in [-0.25, -0.2) is 0 Å². The second kappa shape index (κ2) is 11.9. The molecule has 0 spiro atoms. The molecule has 0 fully saturated rings. The first-order chi connectivity index (χ1) is 7.35. The van der Waals surface area contributed by atoms with Crippen LogP contribution in [-0.2, 0) is 0 Å². The third kappa shape index (κ3) is 10.1. The van der Waals surface area contributed by atoms with E-state index < -0.39 is 0 Å². The van der Waals surface area contributed by atoms with Gasteiger partial charge in [0.1, 0.15) is 0 Å². The third-order valence-electron chi connectivity index (χ3n) is 2.28. The first kappa shape index (κ1) is 14.8. The summed E-state index contributed by atoms with van der Waals surface area (Å²) in [6.45, 7) is 8.01. The van der Waals surface area contributed by atoms with Crippen molar-refractivity contribution in [2.75, 3.05) is 66.5 Å². The maximum Gasteiger partial charge on any atom is 0.0108 e. The Kier molecular flexibility index (Phi) is 11.7. The highest BCUT2D eigenvalue weighted by molar-refractivity contribution is 4.62. The minimum absolute atomic E-state index is 0.715. The largest absolute Gasteiger partial charge is 0.329 e. The second-order valence-corrected chi connectivity index (χ2v) is 3.59. The van der Waals surface area contributed by atoms with Crippen molar-refractivity contribution < 1.29 is 0 Å². The van der Waals surface area contributed by atoms with Crippen molar-refractivity contribution in [2.24, 2.45) is 5.73 Å². The molecule has 15 heavy (non-hydrogen) atoms. The predicted molar refractivity (Wildman–Crippen MR) is 66.2 cm³/mol. The zero-order chi connectivity index (χ0) is 11.4. The molecule has 0 saturated heterocycles. The van der Waals surface area contributed by atoms with Gasteiger partial charge in [0.05, 0.1) is 0 Å². The molecule has 0 aromatic rings. The van der Waals surface area contributed by atoms with E-state index in [0.717, 1.165) is 45.8 Å². The van der Waals surface area contributed by atoms with E-state index in [2.05, 4.69) is 20.9 Å². The molecule has 0 aromatic heterocycles. The Balaban J connectivity index is 3.49. The van der Waals surface area contributed by atoms with Crippen LogP contribution in [0, 0.1) is 0 Å². The van der Waals surface area contributed by atoms with Crippen LogP contribution in [0.15, 0.2) is 0 Å². The number of likely N-dealkylation sites (N-methyl/N-ethyl adjacent to an activating group) is 2. The maximum atomic E-state index is 5.41. The Morgan fingerprint density at radius 2 is 1.40 bits per heavy atom. The minimum atomic E-state index is 0.715. The highest BCUT2D eigenvalue weighted by atomic mass is 15.2. The van der Waals surface area contributed by atoms with Gasteiger partial charge in [0, 0.05) is 52.4 Å². The summed E-state index contributed by atoms with van der Waals surface area (Å²) >= 11 is 0.